The minimum Gasteiger partial charge on any atom is -0.421 e. The van der Waals surface area contributed by atoms with Crippen LogP contribution in [-0.4, -0.2) is 71.3 Å². The van der Waals surface area contributed by atoms with E-state index in [0.717, 1.165) is 64.2 Å². The molecule has 0 spiro atoms. The number of aromatic nitrogens is 2. The summed E-state index contributed by atoms with van der Waals surface area (Å²) in [6.07, 6.45) is 5.41. The predicted molar refractivity (Wildman–Crippen MR) is 107 cm³/mol. The zero-order valence-electron chi connectivity index (χ0n) is 16.2. The molecule has 2 fully saturated rings. The van der Waals surface area contributed by atoms with Gasteiger partial charge in [-0.1, -0.05) is 0 Å². The van der Waals surface area contributed by atoms with Crippen LogP contribution in [0.3, 0.4) is 0 Å². The first-order valence-corrected chi connectivity index (χ1v) is 11.2. The maximum absolute atomic E-state index is 12.9. The van der Waals surface area contributed by atoms with Crippen LogP contribution in [0.15, 0.2) is 21.2 Å². The average Bonchev–Trinajstić information content (AvgIpc) is 3.43. The molecule has 0 aromatic carbocycles. The highest BCUT2D eigenvalue weighted by Gasteiger charge is 2.27. The van der Waals surface area contributed by atoms with E-state index >= 15 is 0 Å². The van der Waals surface area contributed by atoms with Gasteiger partial charge in [0.25, 0.3) is 0 Å². The minimum absolute atomic E-state index is 0.210. The van der Waals surface area contributed by atoms with Crippen LogP contribution in [0.2, 0.25) is 0 Å². The van der Waals surface area contributed by atoms with E-state index in [-0.39, 0.29) is 5.91 Å². The number of piperidine rings is 1. The third-order valence-electron chi connectivity index (χ3n) is 5.62. The van der Waals surface area contributed by atoms with Crippen LogP contribution in [0.5, 0.6) is 0 Å². The highest BCUT2D eigenvalue weighted by molar-refractivity contribution is 7.08. The molecule has 1 amide bonds. The molecule has 2 aliphatic heterocycles. The van der Waals surface area contributed by atoms with E-state index < -0.39 is 0 Å². The first kappa shape index (κ1) is 19.5. The number of ether oxygens (including phenoxy) is 1. The summed E-state index contributed by atoms with van der Waals surface area (Å²) in [5.74, 6) is 1.28. The van der Waals surface area contributed by atoms with Crippen molar-refractivity contribution in [3.63, 3.8) is 0 Å². The van der Waals surface area contributed by atoms with Crippen LogP contribution in [0.25, 0.3) is 11.5 Å². The van der Waals surface area contributed by atoms with Crippen LogP contribution in [0.1, 0.15) is 38.0 Å². The summed E-state index contributed by atoms with van der Waals surface area (Å²) >= 11 is 1.60. The van der Waals surface area contributed by atoms with Gasteiger partial charge >= 0.3 is 0 Å². The van der Waals surface area contributed by atoms with Crippen molar-refractivity contribution in [2.75, 3.05) is 39.4 Å². The molecule has 7 nitrogen and oxygen atoms in total. The number of amides is 1. The lowest BCUT2D eigenvalue weighted by Crippen LogP contribution is -2.46. The largest absolute Gasteiger partial charge is 0.421 e. The number of hydrogen-bond donors (Lipinski definition) is 0. The van der Waals surface area contributed by atoms with E-state index in [9.17, 15) is 4.79 Å². The van der Waals surface area contributed by atoms with Crippen molar-refractivity contribution in [3.05, 3.63) is 22.7 Å². The van der Waals surface area contributed by atoms with Crippen LogP contribution < -0.4 is 0 Å². The summed E-state index contributed by atoms with van der Waals surface area (Å²) < 4.78 is 11.1. The first-order valence-electron chi connectivity index (χ1n) is 10.2. The molecule has 0 bridgehead atoms. The summed E-state index contributed by atoms with van der Waals surface area (Å²) in [5.41, 5.74) is 0.939. The number of carbonyl (C=O) groups is 1. The molecular formula is C20H28N4O3S. The third kappa shape index (κ3) is 4.98. The van der Waals surface area contributed by atoms with E-state index in [1.165, 1.54) is 6.42 Å². The molecule has 0 radical (unpaired) electrons. The zero-order valence-corrected chi connectivity index (χ0v) is 17.0. The Balaban J connectivity index is 1.28. The molecule has 1 atom stereocenters. The normalized spacial score (nSPS) is 21.1. The maximum Gasteiger partial charge on any atom is 0.248 e. The summed E-state index contributed by atoms with van der Waals surface area (Å²) in [6.45, 7) is 5.58. The number of likely N-dealkylation sites (tertiary alicyclic amines) is 1. The molecule has 4 rings (SSSR count). The lowest BCUT2D eigenvalue weighted by molar-refractivity contribution is -0.135. The van der Waals surface area contributed by atoms with E-state index in [1.54, 1.807) is 11.3 Å². The standard InChI is InChI=1S/C20H28N4O3S/c25-19(5-4-18-21-22-20(27-18)16-7-14-28-15-16)24-8-2-1-3-17(24)6-9-23-10-12-26-13-11-23/h7,14-15,17H,1-6,8-13H2. The lowest BCUT2D eigenvalue weighted by Gasteiger charge is -2.37. The van der Waals surface area contributed by atoms with Crippen LogP contribution in [-0.2, 0) is 16.0 Å². The Labute approximate surface area is 169 Å². The third-order valence-corrected chi connectivity index (χ3v) is 6.30. The number of morpholine rings is 1. The minimum atomic E-state index is 0.210. The number of hydrogen-bond acceptors (Lipinski definition) is 7. The Bertz CT molecular complexity index is 742. The van der Waals surface area contributed by atoms with Gasteiger partial charge in [0, 0.05) is 56.0 Å². The Hall–Kier alpha value is -1.77. The fourth-order valence-electron chi connectivity index (χ4n) is 4.00. The molecule has 2 aromatic heterocycles. The van der Waals surface area contributed by atoms with Gasteiger partial charge in [-0.3, -0.25) is 9.69 Å². The summed E-state index contributed by atoms with van der Waals surface area (Å²) in [6, 6.07) is 2.31. The topological polar surface area (TPSA) is 71.7 Å². The number of aryl methyl sites for hydroxylation is 1. The molecule has 2 aliphatic rings. The molecule has 4 heterocycles. The van der Waals surface area contributed by atoms with E-state index in [0.29, 0.717) is 30.7 Å². The van der Waals surface area contributed by atoms with Crippen molar-refractivity contribution >= 4 is 17.2 Å². The van der Waals surface area contributed by atoms with Gasteiger partial charge in [-0.2, -0.15) is 11.3 Å². The highest BCUT2D eigenvalue weighted by atomic mass is 32.1. The SMILES string of the molecule is O=C(CCc1nnc(-c2ccsc2)o1)N1CCCCC1CCN1CCOCC1. The quantitative estimate of drug-likeness (QED) is 0.707. The van der Waals surface area contributed by atoms with Crippen molar-refractivity contribution in [2.24, 2.45) is 0 Å². The Kier molecular flexibility index (Phi) is 6.72. The summed E-state index contributed by atoms with van der Waals surface area (Å²) in [4.78, 5) is 17.4. The van der Waals surface area contributed by atoms with Crippen molar-refractivity contribution in [1.82, 2.24) is 20.0 Å². The fraction of sp³-hybridized carbons (Fsp3) is 0.650. The van der Waals surface area contributed by atoms with Gasteiger partial charge in [0.2, 0.25) is 17.7 Å². The molecule has 152 valence electrons. The molecular weight excluding hydrogens is 376 g/mol. The number of rotatable bonds is 7. The van der Waals surface area contributed by atoms with Gasteiger partial charge < -0.3 is 14.1 Å². The number of carbonyl (C=O) groups excluding carboxylic acids is 1. The van der Waals surface area contributed by atoms with Crippen molar-refractivity contribution < 1.29 is 13.9 Å². The zero-order chi connectivity index (χ0) is 19.2. The van der Waals surface area contributed by atoms with Gasteiger partial charge in [-0.05, 0) is 37.1 Å². The second kappa shape index (κ2) is 9.62. The van der Waals surface area contributed by atoms with Gasteiger partial charge in [-0.25, -0.2) is 0 Å². The monoisotopic (exact) mass is 404 g/mol. The summed E-state index contributed by atoms with van der Waals surface area (Å²) in [7, 11) is 0. The Morgan fingerprint density at radius 2 is 2.11 bits per heavy atom. The molecule has 0 aliphatic carbocycles. The lowest BCUT2D eigenvalue weighted by atomic mass is 9.98. The molecule has 2 aromatic rings. The van der Waals surface area contributed by atoms with E-state index in [2.05, 4.69) is 20.0 Å². The van der Waals surface area contributed by atoms with Crippen molar-refractivity contribution in [1.29, 1.82) is 0 Å². The maximum atomic E-state index is 12.9. The molecule has 0 saturated carbocycles. The first-order chi connectivity index (χ1) is 13.8. The van der Waals surface area contributed by atoms with Gasteiger partial charge in [0.05, 0.1) is 13.2 Å². The fourth-order valence-corrected chi connectivity index (χ4v) is 4.63. The Morgan fingerprint density at radius 1 is 1.21 bits per heavy atom. The van der Waals surface area contributed by atoms with Gasteiger partial charge in [0.1, 0.15) is 0 Å². The highest BCUT2D eigenvalue weighted by Crippen LogP contribution is 2.23. The van der Waals surface area contributed by atoms with Crippen molar-refractivity contribution in [2.45, 2.75) is 44.6 Å². The average molecular weight is 405 g/mol. The smallest absolute Gasteiger partial charge is 0.248 e. The van der Waals surface area contributed by atoms with Crippen molar-refractivity contribution in [3.8, 4) is 11.5 Å². The van der Waals surface area contributed by atoms with E-state index in [4.69, 9.17) is 9.15 Å². The van der Waals surface area contributed by atoms with Crippen LogP contribution >= 0.6 is 11.3 Å². The molecule has 2 saturated heterocycles. The van der Waals surface area contributed by atoms with Crippen LogP contribution in [0, 0.1) is 0 Å². The second-order valence-electron chi connectivity index (χ2n) is 7.49. The van der Waals surface area contributed by atoms with Gasteiger partial charge in [-0.15, -0.1) is 10.2 Å². The molecule has 1 unspecified atom stereocenters. The molecule has 8 heteroatoms. The second-order valence-corrected chi connectivity index (χ2v) is 8.27. The number of thiophene rings is 1. The Morgan fingerprint density at radius 3 is 2.93 bits per heavy atom. The molecule has 0 N–H and O–H groups in total. The molecule has 28 heavy (non-hydrogen) atoms. The van der Waals surface area contributed by atoms with Gasteiger partial charge in [0.15, 0.2) is 0 Å². The number of nitrogens with zero attached hydrogens (tertiary/aromatic N) is 4. The summed E-state index contributed by atoms with van der Waals surface area (Å²) in [5, 5.41) is 12.2. The van der Waals surface area contributed by atoms with Crippen LogP contribution in [0.4, 0.5) is 0 Å². The van der Waals surface area contributed by atoms with E-state index in [1.807, 2.05) is 16.8 Å². The predicted octanol–water partition coefficient (Wildman–Crippen LogP) is 2.83.